The number of hydrogen-bond acceptors (Lipinski definition) is 2. The molecule has 1 saturated heterocycles. The summed E-state index contributed by atoms with van der Waals surface area (Å²) in [6, 6.07) is 7.49. The molecule has 1 aromatic rings. The van der Waals surface area contributed by atoms with Crippen LogP contribution in [0.3, 0.4) is 0 Å². The highest BCUT2D eigenvalue weighted by Gasteiger charge is 2.21. The Morgan fingerprint density at radius 3 is 2.72 bits per heavy atom. The van der Waals surface area contributed by atoms with E-state index in [9.17, 15) is 0 Å². The topological polar surface area (TPSA) is 15.3 Å². The van der Waals surface area contributed by atoms with E-state index in [1.54, 1.807) is 0 Å². The number of hydrogen-bond donors (Lipinski definition) is 1. The van der Waals surface area contributed by atoms with Gasteiger partial charge in [-0.2, -0.15) is 0 Å². The maximum Gasteiger partial charge on any atom is 0.0235 e. The normalized spacial score (nSPS) is 21.5. The first-order valence-electron chi connectivity index (χ1n) is 7.08. The van der Waals surface area contributed by atoms with E-state index in [1.165, 1.54) is 23.2 Å². The lowest BCUT2D eigenvalue weighted by Gasteiger charge is -2.35. The van der Waals surface area contributed by atoms with Gasteiger partial charge in [0.1, 0.15) is 0 Å². The third-order valence-corrected chi connectivity index (χ3v) is 4.07. The van der Waals surface area contributed by atoms with E-state index in [-0.39, 0.29) is 0 Å². The van der Waals surface area contributed by atoms with Crippen LogP contribution in [0.2, 0.25) is 0 Å². The van der Waals surface area contributed by atoms with Crippen LogP contribution < -0.4 is 5.32 Å². The summed E-state index contributed by atoms with van der Waals surface area (Å²) in [4.78, 5) is 2.57. The first kappa shape index (κ1) is 13.6. The molecule has 0 aliphatic carbocycles. The number of nitrogens with one attached hydrogen (secondary N) is 1. The van der Waals surface area contributed by atoms with Crippen LogP contribution in [0.4, 0.5) is 0 Å². The summed E-state index contributed by atoms with van der Waals surface area (Å²) >= 11 is 0. The van der Waals surface area contributed by atoms with Crippen LogP contribution in [0.15, 0.2) is 18.2 Å². The second-order valence-electron chi connectivity index (χ2n) is 5.96. The molecule has 1 aliphatic rings. The Labute approximate surface area is 111 Å². The van der Waals surface area contributed by atoms with E-state index >= 15 is 0 Å². The van der Waals surface area contributed by atoms with Gasteiger partial charge in [-0.15, -0.1) is 0 Å². The molecule has 1 aromatic carbocycles. The molecule has 0 amide bonds. The van der Waals surface area contributed by atoms with Crippen LogP contribution in [-0.2, 0) is 6.54 Å². The summed E-state index contributed by atoms with van der Waals surface area (Å²) in [5.74, 6) is 0.715. The summed E-state index contributed by atoms with van der Waals surface area (Å²) in [5, 5.41) is 3.61. The number of piperazine rings is 1. The van der Waals surface area contributed by atoms with Gasteiger partial charge in [-0.1, -0.05) is 32.0 Å². The lowest BCUT2D eigenvalue weighted by molar-refractivity contribution is 0.168. The Hall–Kier alpha value is -0.860. The lowest BCUT2D eigenvalue weighted by Crippen LogP contribution is -2.52. The second-order valence-corrected chi connectivity index (χ2v) is 5.96. The summed E-state index contributed by atoms with van der Waals surface area (Å²) < 4.78 is 0. The standard InChI is InChI=1S/C16H26N2/c1-12(2)16-11-18(8-7-17-16)10-15-6-5-13(3)14(4)9-15/h5-6,9,12,16-17H,7-8,10-11H2,1-4H3. The van der Waals surface area contributed by atoms with Gasteiger partial charge in [0.2, 0.25) is 0 Å². The number of rotatable bonds is 3. The van der Waals surface area contributed by atoms with Gasteiger partial charge in [-0.3, -0.25) is 4.90 Å². The number of aryl methyl sites for hydroxylation is 2. The molecule has 0 saturated carbocycles. The van der Waals surface area contributed by atoms with Crippen molar-refractivity contribution in [2.75, 3.05) is 19.6 Å². The Bertz CT molecular complexity index is 398. The number of benzene rings is 1. The second kappa shape index (κ2) is 5.85. The average Bonchev–Trinajstić information content (AvgIpc) is 2.34. The van der Waals surface area contributed by atoms with Crippen molar-refractivity contribution in [3.8, 4) is 0 Å². The molecule has 1 aliphatic heterocycles. The minimum Gasteiger partial charge on any atom is -0.311 e. The first-order valence-corrected chi connectivity index (χ1v) is 7.08. The van der Waals surface area contributed by atoms with Crippen molar-refractivity contribution in [3.63, 3.8) is 0 Å². The quantitative estimate of drug-likeness (QED) is 0.882. The molecule has 0 spiro atoms. The Balaban J connectivity index is 1.98. The first-order chi connectivity index (χ1) is 8.56. The maximum atomic E-state index is 3.61. The zero-order valence-electron chi connectivity index (χ0n) is 12.2. The third-order valence-electron chi connectivity index (χ3n) is 4.07. The van der Waals surface area contributed by atoms with Gasteiger partial charge >= 0.3 is 0 Å². The maximum absolute atomic E-state index is 3.61. The number of nitrogens with zero attached hydrogens (tertiary/aromatic N) is 1. The van der Waals surface area contributed by atoms with Crippen LogP contribution in [0.25, 0.3) is 0 Å². The van der Waals surface area contributed by atoms with Gasteiger partial charge in [-0.25, -0.2) is 0 Å². The highest BCUT2D eigenvalue weighted by molar-refractivity contribution is 5.29. The van der Waals surface area contributed by atoms with E-state index in [0.717, 1.165) is 19.6 Å². The Morgan fingerprint density at radius 2 is 2.06 bits per heavy atom. The van der Waals surface area contributed by atoms with Crippen molar-refractivity contribution in [1.29, 1.82) is 0 Å². The smallest absolute Gasteiger partial charge is 0.0235 e. The van der Waals surface area contributed by atoms with Gasteiger partial charge in [0, 0.05) is 32.2 Å². The molecule has 0 bridgehead atoms. The molecule has 2 nitrogen and oxygen atoms in total. The summed E-state index contributed by atoms with van der Waals surface area (Å²) in [7, 11) is 0. The molecule has 1 atom stereocenters. The predicted octanol–water partition coefficient (Wildman–Crippen LogP) is 2.73. The van der Waals surface area contributed by atoms with Crippen LogP contribution >= 0.6 is 0 Å². The van der Waals surface area contributed by atoms with Gasteiger partial charge in [0.05, 0.1) is 0 Å². The fraction of sp³-hybridized carbons (Fsp3) is 0.625. The van der Waals surface area contributed by atoms with Gasteiger partial charge in [0.25, 0.3) is 0 Å². The molecule has 1 fully saturated rings. The molecule has 18 heavy (non-hydrogen) atoms. The molecule has 0 aromatic heterocycles. The molecular weight excluding hydrogens is 220 g/mol. The lowest BCUT2D eigenvalue weighted by atomic mass is 10.0. The van der Waals surface area contributed by atoms with Crippen molar-refractivity contribution >= 4 is 0 Å². The third kappa shape index (κ3) is 3.33. The van der Waals surface area contributed by atoms with Crippen LogP contribution in [0, 0.1) is 19.8 Å². The van der Waals surface area contributed by atoms with Gasteiger partial charge < -0.3 is 5.32 Å². The zero-order chi connectivity index (χ0) is 13.1. The molecule has 1 unspecified atom stereocenters. The van der Waals surface area contributed by atoms with Gasteiger partial charge in [-0.05, 0) is 36.5 Å². The molecule has 2 heteroatoms. The molecule has 1 N–H and O–H groups in total. The van der Waals surface area contributed by atoms with E-state index in [0.29, 0.717) is 12.0 Å². The largest absolute Gasteiger partial charge is 0.311 e. The highest BCUT2D eigenvalue weighted by Crippen LogP contribution is 2.14. The molecule has 100 valence electrons. The Morgan fingerprint density at radius 1 is 1.28 bits per heavy atom. The minimum absolute atomic E-state index is 0.644. The predicted molar refractivity (Wildman–Crippen MR) is 77.8 cm³/mol. The fourth-order valence-electron chi connectivity index (χ4n) is 2.59. The van der Waals surface area contributed by atoms with Crippen molar-refractivity contribution in [3.05, 3.63) is 34.9 Å². The van der Waals surface area contributed by atoms with Crippen LogP contribution in [0.1, 0.15) is 30.5 Å². The van der Waals surface area contributed by atoms with Crippen LogP contribution in [-0.4, -0.2) is 30.6 Å². The summed E-state index contributed by atoms with van der Waals surface area (Å²) in [6.45, 7) is 13.5. The summed E-state index contributed by atoms with van der Waals surface area (Å²) in [5.41, 5.74) is 4.24. The van der Waals surface area contributed by atoms with E-state index in [4.69, 9.17) is 0 Å². The van der Waals surface area contributed by atoms with Crippen LogP contribution in [0.5, 0.6) is 0 Å². The van der Waals surface area contributed by atoms with E-state index < -0.39 is 0 Å². The molecule has 1 heterocycles. The average molecular weight is 246 g/mol. The van der Waals surface area contributed by atoms with Crippen molar-refractivity contribution in [2.45, 2.75) is 40.3 Å². The monoisotopic (exact) mass is 246 g/mol. The minimum atomic E-state index is 0.644. The molecular formula is C16H26N2. The Kier molecular flexibility index (Phi) is 4.41. The summed E-state index contributed by atoms with van der Waals surface area (Å²) in [6.07, 6.45) is 0. The van der Waals surface area contributed by atoms with Gasteiger partial charge in [0.15, 0.2) is 0 Å². The SMILES string of the molecule is Cc1ccc(CN2CCNC(C(C)C)C2)cc1C. The van der Waals surface area contributed by atoms with E-state index in [1.807, 2.05) is 0 Å². The zero-order valence-corrected chi connectivity index (χ0v) is 12.2. The molecule has 2 rings (SSSR count). The van der Waals surface area contributed by atoms with Crippen molar-refractivity contribution in [2.24, 2.45) is 5.92 Å². The van der Waals surface area contributed by atoms with Crippen molar-refractivity contribution < 1.29 is 0 Å². The van der Waals surface area contributed by atoms with Crippen molar-refractivity contribution in [1.82, 2.24) is 10.2 Å². The molecule has 0 radical (unpaired) electrons. The highest BCUT2D eigenvalue weighted by atomic mass is 15.2. The van der Waals surface area contributed by atoms with E-state index in [2.05, 4.69) is 56.1 Å². The fourth-order valence-corrected chi connectivity index (χ4v) is 2.59.